The van der Waals surface area contributed by atoms with Gasteiger partial charge in [0, 0.05) is 19.3 Å². The molecule has 0 aliphatic heterocycles. The molecule has 4 nitrogen and oxygen atoms in total. The highest BCUT2D eigenvalue weighted by molar-refractivity contribution is 5.82. The quantitative estimate of drug-likeness (QED) is 0.701. The van der Waals surface area contributed by atoms with E-state index in [1.807, 2.05) is 11.8 Å². The molecule has 0 radical (unpaired) electrons. The molecule has 0 saturated carbocycles. The van der Waals surface area contributed by atoms with Crippen molar-refractivity contribution in [3.05, 3.63) is 23.9 Å². The van der Waals surface area contributed by atoms with Crippen LogP contribution in [0, 0.1) is 0 Å². The van der Waals surface area contributed by atoms with Crippen LogP contribution in [0.5, 0.6) is 0 Å². The first kappa shape index (κ1) is 10.7. The van der Waals surface area contributed by atoms with E-state index < -0.39 is 0 Å². The van der Waals surface area contributed by atoms with Crippen molar-refractivity contribution < 1.29 is 9.90 Å². The van der Waals surface area contributed by atoms with E-state index in [9.17, 15) is 4.79 Å². The van der Waals surface area contributed by atoms with Gasteiger partial charge in [0.1, 0.15) is 5.82 Å². The topological polar surface area (TPSA) is 53.4 Å². The van der Waals surface area contributed by atoms with Gasteiger partial charge in [-0.2, -0.15) is 0 Å². The molecule has 1 aromatic heterocycles. The molecule has 0 saturated heterocycles. The van der Waals surface area contributed by atoms with Crippen molar-refractivity contribution in [3.8, 4) is 0 Å². The number of aliphatic hydroxyl groups excluding tert-OH is 1. The lowest BCUT2D eigenvalue weighted by Crippen LogP contribution is -2.28. The predicted molar refractivity (Wildman–Crippen MR) is 54.6 cm³/mol. The summed E-state index contributed by atoms with van der Waals surface area (Å²) in [6.07, 6.45) is 2.42. The van der Waals surface area contributed by atoms with E-state index in [0.29, 0.717) is 17.9 Å². The Morgan fingerprint density at radius 1 is 1.64 bits per heavy atom. The number of carbonyl (C=O) groups excluding carboxylic acids is 1. The molecule has 0 bridgehead atoms. The zero-order valence-electron chi connectivity index (χ0n) is 8.18. The number of hydrogen-bond donors (Lipinski definition) is 1. The van der Waals surface area contributed by atoms with Crippen LogP contribution >= 0.6 is 0 Å². The molecule has 0 aromatic carbocycles. The Hall–Kier alpha value is -1.42. The summed E-state index contributed by atoms with van der Waals surface area (Å²) in [7, 11) is 0. The van der Waals surface area contributed by atoms with Crippen molar-refractivity contribution in [2.24, 2.45) is 0 Å². The molecule has 76 valence electrons. The van der Waals surface area contributed by atoms with Gasteiger partial charge in [0.05, 0.1) is 12.2 Å². The first-order valence-corrected chi connectivity index (χ1v) is 4.59. The second-order valence-corrected chi connectivity index (χ2v) is 2.84. The minimum atomic E-state index is 0.0582. The fraction of sp³-hybridized carbons (Fsp3) is 0.400. The number of rotatable bonds is 5. The van der Waals surface area contributed by atoms with Gasteiger partial charge in [0.25, 0.3) is 0 Å². The largest absolute Gasteiger partial charge is 0.395 e. The summed E-state index contributed by atoms with van der Waals surface area (Å²) in [5, 5.41) is 8.83. The number of aldehydes is 1. The minimum absolute atomic E-state index is 0.0582. The molecular formula is C10H14N2O2. The fourth-order valence-electron chi connectivity index (χ4n) is 1.30. The molecule has 14 heavy (non-hydrogen) atoms. The van der Waals surface area contributed by atoms with Gasteiger partial charge in [-0.05, 0) is 19.1 Å². The molecule has 0 aliphatic rings. The van der Waals surface area contributed by atoms with Crippen LogP contribution < -0.4 is 4.90 Å². The number of nitrogens with zero attached hydrogens (tertiary/aromatic N) is 2. The van der Waals surface area contributed by atoms with Gasteiger partial charge in [-0.3, -0.25) is 4.79 Å². The zero-order chi connectivity index (χ0) is 10.4. The first-order chi connectivity index (χ1) is 6.83. The van der Waals surface area contributed by atoms with E-state index in [1.54, 1.807) is 18.3 Å². The van der Waals surface area contributed by atoms with Gasteiger partial charge in [-0.1, -0.05) is 0 Å². The van der Waals surface area contributed by atoms with Gasteiger partial charge >= 0.3 is 0 Å². The Bertz CT molecular complexity index is 302. The van der Waals surface area contributed by atoms with E-state index in [-0.39, 0.29) is 6.61 Å². The molecule has 0 unspecified atom stereocenters. The van der Waals surface area contributed by atoms with Crippen LogP contribution in [-0.2, 0) is 0 Å². The van der Waals surface area contributed by atoms with Gasteiger partial charge in [-0.15, -0.1) is 0 Å². The maximum atomic E-state index is 10.7. The highest BCUT2D eigenvalue weighted by Crippen LogP contribution is 2.14. The van der Waals surface area contributed by atoms with E-state index in [1.165, 1.54) is 0 Å². The number of hydrogen-bond acceptors (Lipinski definition) is 4. The third-order valence-corrected chi connectivity index (χ3v) is 2.00. The Labute approximate surface area is 83.2 Å². The highest BCUT2D eigenvalue weighted by Gasteiger charge is 2.09. The number of carbonyl (C=O) groups is 1. The SMILES string of the molecule is CCN(CCO)c1ncccc1C=O. The lowest BCUT2D eigenvalue weighted by atomic mass is 10.2. The molecule has 0 spiro atoms. The van der Waals surface area contributed by atoms with Crippen LogP contribution in [0.25, 0.3) is 0 Å². The molecule has 0 aliphatic carbocycles. The summed E-state index contributed by atoms with van der Waals surface area (Å²) >= 11 is 0. The van der Waals surface area contributed by atoms with Crippen molar-refractivity contribution in [2.75, 3.05) is 24.6 Å². The Morgan fingerprint density at radius 2 is 2.43 bits per heavy atom. The van der Waals surface area contributed by atoms with E-state index in [0.717, 1.165) is 12.8 Å². The summed E-state index contributed by atoms with van der Waals surface area (Å²) in [5.74, 6) is 0.638. The number of likely N-dealkylation sites (N-methyl/N-ethyl adjacent to an activating group) is 1. The third kappa shape index (κ3) is 2.29. The van der Waals surface area contributed by atoms with E-state index >= 15 is 0 Å². The van der Waals surface area contributed by atoms with Crippen LogP contribution in [0.4, 0.5) is 5.82 Å². The van der Waals surface area contributed by atoms with Crippen molar-refractivity contribution in [2.45, 2.75) is 6.92 Å². The van der Waals surface area contributed by atoms with E-state index in [4.69, 9.17) is 5.11 Å². The predicted octanol–water partition coefficient (Wildman–Crippen LogP) is 0.713. The molecule has 1 heterocycles. The van der Waals surface area contributed by atoms with Gasteiger partial charge in [0.15, 0.2) is 6.29 Å². The van der Waals surface area contributed by atoms with Crippen LogP contribution in [0.3, 0.4) is 0 Å². The number of aromatic nitrogens is 1. The number of aliphatic hydroxyl groups is 1. The van der Waals surface area contributed by atoms with Crippen LogP contribution in [0.15, 0.2) is 18.3 Å². The Balaban J connectivity index is 2.95. The van der Waals surface area contributed by atoms with Crippen molar-refractivity contribution in [1.82, 2.24) is 4.98 Å². The molecule has 1 aromatic rings. The minimum Gasteiger partial charge on any atom is -0.395 e. The van der Waals surface area contributed by atoms with Crippen molar-refractivity contribution in [3.63, 3.8) is 0 Å². The first-order valence-electron chi connectivity index (χ1n) is 4.59. The normalized spacial score (nSPS) is 9.86. The van der Waals surface area contributed by atoms with Crippen molar-refractivity contribution >= 4 is 12.1 Å². The monoisotopic (exact) mass is 194 g/mol. The summed E-state index contributed by atoms with van der Waals surface area (Å²) < 4.78 is 0. The van der Waals surface area contributed by atoms with Crippen LogP contribution in [-0.4, -0.2) is 36.1 Å². The Kier molecular flexibility index (Phi) is 4.07. The fourth-order valence-corrected chi connectivity index (χ4v) is 1.30. The molecule has 1 N–H and O–H groups in total. The maximum Gasteiger partial charge on any atom is 0.153 e. The standard InChI is InChI=1S/C10H14N2O2/c1-2-12(6-7-13)10-9(8-14)4-3-5-11-10/h3-5,8,13H,2,6-7H2,1H3. The molecule has 0 amide bonds. The molecule has 1 rings (SSSR count). The Morgan fingerprint density at radius 3 is 3.00 bits per heavy atom. The van der Waals surface area contributed by atoms with Gasteiger partial charge in [0.2, 0.25) is 0 Å². The van der Waals surface area contributed by atoms with Crippen LogP contribution in [0.1, 0.15) is 17.3 Å². The average molecular weight is 194 g/mol. The highest BCUT2D eigenvalue weighted by atomic mass is 16.3. The van der Waals surface area contributed by atoms with Gasteiger partial charge < -0.3 is 10.0 Å². The summed E-state index contributed by atoms with van der Waals surface area (Å²) in [5.41, 5.74) is 0.558. The molecular weight excluding hydrogens is 180 g/mol. The summed E-state index contributed by atoms with van der Waals surface area (Å²) in [6.45, 7) is 3.23. The summed E-state index contributed by atoms with van der Waals surface area (Å²) in [6, 6.07) is 3.44. The van der Waals surface area contributed by atoms with Crippen LogP contribution in [0.2, 0.25) is 0 Å². The molecule has 0 fully saturated rings. The second-order valence-electron chi connectivity index (χ2n) is 2.84. The lowest BCUT2D eigenvalue weighted by Gasteiger charge is -2.21. The zero-order valence-corrected chi connectivity index (χ0v) is 8.18. The lowest BCUT2D eigenvalue weighted by molar-refractivity contribution is 0.112. The third-order valence-electron chi connectivity index (χ3n) is 2.00. The summed E-state index contributed by atoms with van der Waals surface area (Å²) in [4.78, 5) is 16.7. The second kappa shape index (κ2) is 5.34. The van der Waals surface area contributed by atoms with Crippen molar-refractivity contribution in [1.29, 1.82) is 0 Å². The van der Waals surface area contributed by atoms with Gasteiger partial charge in [-0.25, -0.2) is 4.98 Å². The van der Waals surface area contributed by atoms with E-state index in [2.05, 4.69) is 4.98 Å². The molecule has 4 heteroatoms. The molecule has 0 atom stereocenters. The number of pyridine rings is 1. The number of anilines is 1. The smallest absolute Gasteiger partial charge is 0.153 e. The maximum absolute atomic E-state index is 10.7. The average Bonchev–Trinajstić information content (AvgIpc) is 2.26.